The molecule has 1 amide bonds. The molecule has 0 aromatic heterocycles. The summed E-state index contributed by atoms with van der Waals surface area (Å²) in [5.74, 6) is 6.65. The first-order valence-corrected chi connectivity index (χ1v) is 8.40. The van der Waals surface area contributed by atoms with Gasteiger partial charge in [0, 0.05) is 18.2 Å². The van der Waals surface area contributed by atoms with Crippen LogP contribution in [0.4, 0.5) is 0 Å². The van der Waals surface area contributed by atoms with E-state index in [2.05, 4.69) is 30.6 Å². The van der Waals surface area contributed by atoms with E-state index >= 15 is 0 Å². The van der Waals surface area contributed by atoms with E-state index in [1.807, 2.05) is 17.8 Å². The van der Waals surface area contributed by atoms with Crippen LogP contribution >= 0.6 is 11.8 Å². The van der Waals surface area contributed by atoms with Gasteiger partial charge < -0.3 is 9.64 Å². The number of hydrogen-bond donors (Lipinski definition) is 2. The van der Waals surface area contributed by atoms with E-state index in [0.29, 0.717) is 24.0 Å². The molecule has 0 saturated carbocycles. The smallest absolute Gasteiger partial charge is 0.265 e. The lowest BCUT2D eigenvalue weighted by molar-refractivity contribution is 0.0953. The van der Waals surface area contributed by atoms with Crippen molar-refractivity contribution in [1.82, 2.24) is 10.3 Å². The number of nitrogens with zero attached hydrogens (tertiary/aromatic N) is 1. The van der Waals surface area contributed by atoms with Gasteiger partial charge in [-0.15, -0.1) is 0 Å². The number of carbonyl (C=O) groups excluding carboxylic acids is 1. The number of rotatable bonds is 9. The fourth-order valence-corrected chi connectivity index (χ4v) is 2.42. The minimum Gasteiger partial charge on any atom is -0.492 e. The van der Waals surface area contributed by atoms with Gasteiger partial charge in [-0.25, -0.2) is 5.84 Å². The van der Waals surface area contributed by atoms with Gasteiger partial charge in [-0.05, 0) is 50.6 Å². The summed E-state index contributed by atoms with van der Waals surface area (Å²) in [5.41, 5.74) is 2.61. The summed E-state index contributed by atoms with van der Waals surface area (Å²) in [6, 6.07) is 7.55. The van der Waals surface area contributed by atoms with E-state index < -0.39 is 0 Å². The molecule has 0 spiro atoms. The Balaban J connectivity index is 2.40. The van der Waals surface area contributed by atoms with Crippen LogP contribution in [0.1, 0.15) is 23.7 Å². The number of ether oxygens (including phenoxy) is 1. The summed E-state index contributed by atoms with van der Waals surface area (Å²) >= 11 is 1.87. The van der Waals surface area contributed by atoms with Crippen molar-refractivity contribution in [2.45, 2.75) is 19.4 Å². The number of nitrogens with one attached hydrogen (secondary N) is 1. The van der Waals surface area contributed by atoms with Gasteiger partial charge in [0.25, 0.3) is 5.91 Å². The van der Waals surface area contributed by atoms with E-state index in [1.54, 1.807) is 18.2 Å². The second-order valence-electron chi connectivity index (χ2n) is 4.96. The lowest BCUT2D eigenvalue weighted by Gasteiger charge is -2.24. The van der Waals surface area contributed by atoms with Gasteiger partial charge in [0.2, 0.25) is 0 Å². The number of thioether (sulfide) groups is 1. The Labute approximate surface area is 131 Å². The molecule has 0 aliphatic heterocycles. The maximum atomic E-state index is 11.4. The highest BCUT2D eigenvalue weighted by Crippen LogP contribution is 2.13. The molecule has 1 aromatic rings. The molecule has 3 N–H and O–H groups in total. The number of hydrazine groups is 1. The maximum Gasteiger partial charge on any atom is 0.265 e. The van der Waals surface area contributed by atoms with Gasteiger partial charge in [0.15, 0.2) is 0 Å². The average Bonchev–Trinajstić information content (AvgIpc) is 2.51. The third-order valence-corrected chi connectivity index (χ3v) is 4.08. The molecule has 0 bridgehead atoms. The van der Waals surface area contributed by atoms with E-state index in [1.165, 1.54) is 12.2 Å². The minimum absolute atomic E-state index is 0.316. The van der Waals surface area contributed by atoms with Crippen LogP contribution < -0.4 is 16.0 Å². The second-order valence-corrected chi connectivity index (χ2v) is 5.95. The molecule has 0 heterocycles. The number of hydrogen-bond acceptors (Lipinski definition) is 5. The van der Waals surface area contributed by atoms with E-state index in [-0.39, 0.29) is 5.91 Å². The topological polar surface area (TPSA) is 67.6 Å². The number of benzene rings is 1. The molecule has 0 saturated heterocycles. The molecule has 21 heavy (non-hydrogen) atoms. The Morgan fingerprint density at radius 1 is 1.52 bits per heavy atom. The van der Waals surface area contributed by atoms with Crippen molar-refractivity contribution >= 4 is 17.7 Å². The molecule has 0 aliphatic carbocycles. The summed E-state index contributed by atoms with van der Waals surface area (Å²) in [7, 11) is 2.10. The summed E-state index contributed by atoms with van der Waals surface area (Å²) in [5, 5.41) is 0. The zero-order valence-corrected chi connectivity index (χ0v) is 13.8. The average molecular weight is 311 g/mol. The minimum atomic E-state index is -0.316. The Hall–Kier alpha value is -1.24. The normalized spacial score (nSPS) is 12.2. The van der Waals surface area contributed by atoms with E-state index in [4.69, 9.17) is 10.6 Å². The quantitative estimate of drug-likeness (QED) is 0.413. The Bertz CT molecular complexity index is 443. The lowest BCUT2D eigenvalue weighted by atomic mass is 10.2. The molecular formula is C15H25N3O2S. The number of likely N-dealkylation sites (N-methyl/N-ethyl adjacent to an activating group) is 1. The van der Waals surface area contributed by atoms with Crippen molar-refractivity contribution in [2.75, 3.05) is 32.2 Å². The molecule has 1 aromatic carbocycles. The third kappa shape index (κ3) is 6.37. The molecule has 1 atom stereocenters. The number of nitrogen functional groups attached to an aromatic ring is 1. The van der Waals surface area contributed by atoms with Crippen molar-refractivity contribution in [3.8, 4) is 5.75 Å². The van der Waals surface area contributed by atoms with E-state index in [9.17, 15) is 4.79 Å². The molecular weight excluding hydrogens is 286 g/mol. The standard InChI is InChI=1S/C15H25N3O2S/c1-12(7-10-21-3)18(2)8-9-20-14-6-4-5-13(11-14)15(19)17-16/h4-6,11-12H,7-10,16H2,1-3H3,(H,17,19). The molecule has 0 radical (unpaired) electrons. The van der Waals surface area contributed by atoms with Gasteiger partial charge in [0.1, 0.15) is 12.4 Å². The number of carbonyl (C=O) groups is 1. The van der Waals surface area contributed by atoms with Gasteiger partial charge in [0.05, 0.1) is 0 Å². The van der Waals surface area contributed by atoms with Crippen LogP contribution in [0.25, 0.3) is 0 Å². The number of amides is 1. The van der Waals surface area contributed by atoms with Gasteiger partial charge >= 0.3 is 0 Å². The van der Waals surface area contributed by atoms with Crippen LogP contribution in [0.5, 0.6) is 5.75 Å². The van der Waals surface area contributed by atoms with Crippen LogP contribution in [0.2, 0.25) is 0 Å². The molecule has 118 valence electrons. The van der Waals surface area contributed by atoms with Gasteiger partial charge in [-0.3, -0.25) is 10.2 Å². The fraction of sp³-hybridized carbons (Fsp3) is 0.533. The maximum absolute atomic E-state index is 11.4. The van der Waals surface area contributed by atoms with Crippen molar-refractivity contribution < 1.29 is 9.53 Å². The molecule has 1 unspecified atom stereocenters. The first-order chi connectivity index (χ1) is 10.1. The van der Waals surface area contributed by atoms with Crippen LogP contribution in [0.15, 0.2) is 24.3 Å². The van der Waals surface area contributed by atoms with Crippen molar-refractivity contribution in [2.24, 2.45) is 5.84 Å². The Morgan fingerprint density at radius 3 is 2.95 bits per heavy atom. The lowest BCUT2D eigenvalue weighted by Crippen LogP contribution is -2.33. The summed E-state index contributed by atoms with van der Waals surface area (Å²) in [6.07, 6.45) is 3.30. The Kier molecular flexibility index (Phi) is 8.19. The molecule has 1 rings (SSSR count). The highest BCUT2D eigenvalue weighted by atomic mass is 32.2. The first kappa shape index (κ1) is 17.8. The molecule has 5 nitrogen and oxygen atoms in total. The van der Waals surface area contributed by atoms with Crippen LogP contribution in [0, 0.1) is 0 Å². The second kappa shape index (κ2) is 9.65. The largest absolute Gasteiger partial charge is 0.492 e. The summed E-state index contributed by atoms with van der Waals surface area (Å²) < 4.78 is 5.70. The predicted molar refractivity (Wildman–Crippen MR) is 88.7 cm³/mol. The zero-order valence-electron chi connectivity index (χ0n) is 13.0. The molecule has 0 fully saturated rings. The van der Waals surface area contributed by atoms with Crippen LogP contribution in [0.3, 0.4) is 0 Å². The SMILES string of the molecule is CSCCC(C)N(C)CCOc1cccc(C(=O)NN)c1. The Morgan fingerprint density at radius 2 is 2.29 bits per heavy atom. The third-order valence-electron chi connectivity index (χ3n) is 3.43. The van der Waals surface area contributed by atoms with Gasteiger partial charge in [-0.1, -0.05) is 6.07 Å². The number of nitrogens with two attached hydrogens (primary N) is 1. The van der Waals surface area contributed by atoms with Crippen LogP contribution in [-0.2, 0) is 0 Å². The zero-order chi connectivity index (χ0) is 15.7. The highest BCUT2D eigenvalue weighted by molar-refractivity contribution is 7.98. The van der Waals surface area contributed by atoms with Crippen molar-refractivity contribution in [3.05, 3.63) is 29.8 Å². The predicted octanol–water partition coefficient (Wildman–Crippen LogP) is 1.74. The van der Waals surface area contributed by atoms with Crippen LogP contribution in [-0.4, -0.2) is 49.1 Å². The first-order valence-electron chi connectivity index (χ1n) is 7.01. The van der Waals surface area contributed by atoms with Crippen molar-refractivity contribution in [1.29, 1.82) is 0 Å². The molecule has 6 heteroatoms. The fourth-order valence-electron chi connectivity index (χ4n) is 1.85. The monoisotopic (exact) mass is 311 g/mol. The van der Waals surface area contributed by atoms with Gasteiger partial charge in [-0.2, -0.15) is 11.8 Å². The highest BCUT2D eigenvalue weighted by Gasteiger charge is 2.09. The van der Waals surface area contributed by atoms with Crippen molar-refractivity contribution in [3.63, 3.8) is 0 Å². The molecule has 0 aliphatic rings. The van der Waals surface area contributed by atoms with E-state index in [0.717, 1.165) is 6.54 Å². The summed E-state index contributed by atoms with van der Waals surface area (Å²) in [6.45, 7) is 3.67. The summed E-state index contributed by atoms with van der Waals surface area (Å²) in [4.78, 5) is 13.7.